The van der Waals surface area contributed by atoms with E-state index in [0.29, 0.717) is 0 Å². The standard InChI is InChI=1S/C13H15NO/c1-10(15)6-7-11-8-12-4-2-3-5-13(12)14-9-11/h2-5,8-10,15H,6-7H2,1H3/t10-/m0/s1. The number of hydrogen-bond donors (Lipinski definition) is 1. The van der Waals surface area contributed by atoms with Crippen LogP contribution in [0.3, 0.4) is 0 Å². The molecule has 1 heterocycles. The fourth-order valence-corrected chi connectivity index (χ4v) is 1.63. The number of aliphatic hydroxyl groups excluding tert-OH is 1. The molecule has 15 heavy (non-hydrogen) atoms. The van der Waals surface area contributed by atoms with E-state index in [2.05, 4.69) is 17.1 Å². The van der Waals surface area contributed by atoms with Gasteiger partial charge in [-0.3, -0.25) is 4.98 Å². The zero-order valence-electron chi connectivity index (χ0n) is 8.85. The predicted octanol–water partition coefficient (Wildman–Crippen LogP) is 2.55. The van der Waals surface area contributed by atoms with Gasteiger partial charge in [-0.2, -0.15) is 0 Å². The van der Waals surface area contributed by atoms with Crippen LogP contribution < -0.4 is 0 Å². The van der Waals surface area contributed by atoms with Crippen LogP contribution in [-0.4, -0.2) is 16.2 Å². The molecule has 0 aliphatic heterocycles. The lowest BCUT2D eigenvalue weighted by molar-refractivity contribution is 0.185. The predicted molar refractivity (Wildman–Crippen MR) is 61.7 cm³/mol. The Morgan fingerprint density at radius 3 is 2.93 bits per heavy atom. The van der Waals surface area contributed by atoms with Crippen molar-refractivity contribution in [2.45, 2.75) is 25.9 Å². The summed E-state index contributed by atoms with van der Waals surface area (Å²) in [7, 11) is 0. The van der Waals surface area contributed by atoms with Crippen LogP contribution in [0.25, 0.3) is 10.9 Å². The molecule has 0 aliphatic rings. The Labute approximate surface area is 89.6 Å². The van der Waals surface area contributed by atoms with Crippen LogP contribution in [0.5, 0.6) is 0 Å². The van der Waals surface area contributed by atoms with Crippen molar-refractivity contribution in [3.05, 3.63) is 42.1 Å². The molecule has 0 radical (unpaired) electrons. The van der Waals surface area contributed by atoms with Crippen molar-refractivity contribution in [2.24, 2.45) is 0 Å². The first kappa shape index (κ1) is 10.1. The number of aliphatic hydroxyl groups is 1. The fourth-order valence-electron chi connectivity index (χ4n) is 1.63. The third-order valence-electron chi connectivity index (χ3n) is 2.50. The van der Waals surface area contributed by atoms with E-state index in [1.165, 1.54) is 10.9 Å². The number of para-hydroxylation sites is 1. The first-order valence-electron chi connectivity index (χ1n) is 5.27. The lowest BCUT2D eigenvalue weighted by atomic mass is 10.1. The van der Waals surface area contributed by atoms with Crippen LogP contribution in [0.1, 0.15) is 18.9 Å². The minimum atomic E-state index is -0.239. The maximum Gasteiger partial charge on any atom is 0.0702 e. The highest BCUT2D eigenvalue weighted by molar-refractivity contribution is 5.78. The fraction of sp³-hybridized carbons (Fsp3) is 0.308. The van der Waals surface area contributed by atoms with Gasteiger partial charge in [-0.15, -0.1) is 0 Å². The quantitative estimate of drug-likeness (QED) is 0.827. The van der Waals surface area contributed by atoms with Gasteiger partial charge >= 0.3 is 0 Å². The van der Waals surface area contributed by atoms with Crippen LogP contribution in [0.2, 0.25) is 0 Å². The zero-order valence-corrected chi connectivity index (χ0v) is 8.85. The highest BCUT2D eigenvalue weighted by atomic mass is 16.3. The number of fused-ring (bicyclic) bond motifs is 1. The molecule has 0 spiro atoms. The van der Waals surface area contributed by atoms with Crippen molar-refractivity contribution in [3.63, 3.8) is 0 Å². The molecule has 0 saturated carbocycles. The van der Waals surface area contributed by atoms with Gasteiger partial charge in [-0.05, 0) is 37.5 Å². The Morgan fingerprint density at radius 2 is 2.13 bits per heavy atom. The van der Waals surface area contributed by atoms with Crippen LogP contribution in [-0.2, 0) is 6.42 Å². The molecule has 2 rings (SSSR count). The van der Waals surface area contributed by atoms with Crippen molar-refractivity contribution in [3.8, 4) is 0 Å². The smallest absolute Gasteiger partial charge is 0.0702 e. The Morgan fingerprint density at radius 1 is 1.33 bits per heavy atom. The first-order valence-corrected chi connectivity index (χ1v) is 5.27. The summed E-state index contributed by atoms with van der Waals surface area (Å²) in [6, 6.07) is 10.2. The SMILES string of the molecule is C[C@H](O)CCc1cnc2ccccc2c1. The van der Waals surface area contributed by atoms with E-state index in [9.17, 15) is 5.11 Å². The van der Waals surface area contributed by atoms with E-state index in [1.54, 1.807) is 0 Å². The molecular weight excluding hydrogens is 186 g/mol. The van der Waals surface area contributed by atoms with Crippen molar-refractivity contribution in [2.75, 3.05) is 0 Å². The maximum absolute atomic E-state index is 9.21. The van der Waals surface area contributed by atoms with E-state index in [1.807, 2.05) is 31.3 Å². The van der Waals surface area contributed by atoms with Gasteiger partial charge in [-0.25, -0.2) is 0 Å². The van der Waals surface area contributed by atoms with Crippen molar-refractivity contribution >= 4 is 10.9 Å². The van der Waals surface area contributed by atoms with Gasteiger partial charge in [0, 0.05) is 11.6 Å². The van der Waals surface area contributed by atoms with E-state index in [0.717, 1.165) is 18.4 Å². The van der Waals surface area contributed by atoms with Gasteiger partial charge in [0.2, 0.25) is 0 Å². The van der Waals surface area contributed by atoms with E-state index in [-0.39, 0.29) is 6.10 Å². The Bertz CT molecular complexity index is 451. The molecule has 0 fully saturated rings. The summed E-state index contributed by atoms with van der Waals surface area (Å²) in [5, 5.41) is 10.4. The number of pyridine rings is 1. The Kier molecular flexibility index (Phi) is 2.97. The van der Waals surface area contributed by atoms with Crippen molar-refractivity contribution in [1.29, 1.82) is 0 Å². The summed E-state index contributed by atoms with van der Waals surface area (Å²) in [5.74, 6) is 0. The molecule has 2 nitrogen and oxygen atoms in total. The summed E-state index contributed by atoms with van der Waals surface area (Å²) in [6.07, 6.45) is 3.33. The summed E-state index contributed by atoms with van der Waals surface area (Å²) in [6.45, 7) is 1.81. The minimum Gasteiger partial charge on any atom is -0.393 e. The summed E-state index contributed by atoms with van der Waals surface area (Å²) < 4.78 is 0. The molecule has 1 N–H and O–H groups in total. The molecule has 0 bridgehead atoms. The molecule has 1 atom stereocenters. The second-order valence-electron chi connectivity index (χ2n) is 3.92. The van der Waals surface area contributed by atoms with Gasteiger partial charge < -0.3 is 5.11 Å². The van der Waals surface area contributed by atoms with Crippen LogP contribution in [0, 0.1) is 0 Å². The molecule has 0 aliphatic carbocycles. The molecule has 2 aromatic rings. The highest BCUT2D eigenvalue weighted by Gasteiger charge is 2.00. The largest absolute Gasteiger partial charge is 0.393 e. The molecule has 0 saturated heterocycles. The van der Waals surface area contributed by atoms with Gasteiger partial charge in [0.05, 0.1) is 11.6 Å². The zero-order chi connectivity index (χ0) is 10.7. The number of hydrogen-bond acceptors (Lipinski definition) is 2. The minimum absolute atomic E-state index is 0.239. The highest BCUT2D eigenvalue weighted by Crippen LogP contribution is 2.14. The topological polar surface area (TPSA) is 33.1 Å². The van der Waals surface area contributed by atoms with Crippen LogP contribution >= 0.6 is 0 Å². The number of benzene rings is 1. The average Bonchev–Trinajstić information content (AvgIpc) is 2.26. The molecule has 2 heteroatoms. The van der Waals surface area contributed by atoms with Crippen molar-refractivity contribution in [1.82, 2.24) is 4.98 Å². The van der Waals surface area contributed by atoms with Gasteiger partial charge in [0.15, 0.2) is 0 Å². The van der Waals surface area contributed by atoms with Crippen LogP contribution in [0.4, 0.5) is 0 Å². The Balaban J connectivity index is 2.23. The monoisotopic (exact) mass is 201 g/mol. The summed E-state index contributed by atoms with van der Waals surface area (Å²) >= 11 is 0. The van der Waals surface area contributed by atoms with Crippen molar-refractivity contribution < 1.29 is 5.11 Å². The lowest BCUT2D eigenvalue weighted by Crippen LogP contribution is -2.01. The second kappa shape index (κ2) is 4.41. The van der Waals surface area contributed by atoms with Gasteiger partial charge in [-0.1, -0.05) is 18.2 Å². The van der Waals surface area contributed by atoms with Gasteiger partial charge in [0.25, 0.3) is 0 Å². The van der Waals surface area contributed by atoms with Crippen LogP contribution in [0.15, 0.2) is 36.5 Å². The molecule has 78 valence electrons. The summed E-state index contributed by atoms with van der Waals surface area (Å²) in [5.41, 5.74) is 2.22. The molecular formula is C13H15NO. The number of aryl methyl sites for hydroxylation is 1. The van der Waals surface area contributed by atoms with E-state index in [4.69, 9.17) is 0 Å². The number of nitrogens with zero attached hydrogens (tertiary/aromatic N) is 1. The molecule has 1 aromatic heterocycles. The van der Waals surface area contributed by atoms with Gasteiger partial charge in [0.1, 0.15) is 0 Å². The number of aromatic nitrogens is 1. The lowest BCUT2D eigenvalue weighted by Gasteiger charge is -2.04. The third kappa shape index (κ3) is 2.54. The molecule has 0 amide bonds. The first-order chi connectivity index (χ1) is 7.25. The Hall–Kier alpha value is -1.41. The number of rotatable bonds is 3. The normalized spacial score (nSPS) is 12.9. The molecule has 1 aromatic carbocycles. The third-order valence-corrected chi connectivity index (χ3v) is 2.50. The molecule has 0 unspecified atom stereocenters. The summed E-state index contributed by atoms with van der Waals surface area (Å²) in [4.78, 5) is 4.38. The maximum atomic E-state index is 9.21. The van der Waals surface area contributed by atoms with E-state index >= 15 is 0 Å². The second-order valence-corrected chi connectivity index (χ2v) is 3.92. The van der Waals surface area contributed by atoms with E-state index < -0.39 is 0 Å². The average molecular weight is 201 g/mol.